The molecule has 2 unspecified atom stereocenters. The van der Waals surface area contributed by atoms with Crippen molar-refractivity contribution in [3.8, 4) is 0 Å². The van der Waals surface area contributed by atoms with Crippen molar-refractivity contribution < 1.29 is 8.81 Å². The number of hydrogen-bond acceptors (Lipinski definition) is 2. The van der Waals surface area contributed by atoms with E-state index in [0.717, 1.165) is 29.7 Å². The van der Waals surface area contributed by atoms with Gasteiger partial charge in [0.2, 0.25) is 0 Å². The quantitative estimate of drug-likeness (QED) is 0.890. The van der Waals surface area contributed by atoms with Crippen LogP contribution in [0.25, 0.3) is 0 Å². The maximum atomic E-state index is 13.6. The number of furan rings is 1. The van der Waals surface area contributed by atoms with E-state index in [9.17, 15) is 4.39 Å². The van der Waals surface area contributed by atoms with E-state index in [1.54, 1.807) is 12.3 Å². The summed E-state index contributed by atoms with van der Waals surface area (Å²) >= 11 is 0. The van der Waals surface area contributed by atoms with Crippen LogP contribution in [0.3, 0.4) is 0 Å². The van der Waals surface area contributed by atoms with E-state index in [0.29, 0.717) is 0 Å². The van der Waals surface area contributed by atoms with Gasteiger partial charge in [-0.1, -0.05) is 12.1 Å². The Morgan fingerprint density at radius 3 is 3.00 bits per heavy atom. The molecule has 1 aliphatic carbocycles. The zero-order valence-electron chi connectivity index (χ0n) is 10.3. The zero-order valence-corrected chi connectivity index (χ0v) is 10.3. The van der Waals surface area contributed by atoms with Gasteiger partial charge < -0.3 is 9.73 Å². The van der Waals surface area contributed by atoms with Gasteiger partial charge in [-0.25, -0.2) is 4.39 Å². The third kappa shape index (κ3) is 1.95. The molecule has 1 aromatic carbocycles. The van der Waals surface area contributed by atoms with Crippen LogP contribution in [0.15, 0.2) is 41.0 Å². The van der Waals surface area contributed by atoms with Crippen LogP contribution >= 0.6 is 0 Å². The minimum absolute atomic E-state index is 0.0811. The van der Waals surface area contributed by atoms with E-state index >= 15 is 0 Å². The fourth-order valence-electron chi connectivity index (χ4n) is 2.70. The fraction of sp³-hybridized carbons (Fsp3) is 0.333. The van der Waals surface area contributed by atoms with Crippen molar-refractivity contribution in [1.82, 2.24) is 5.32 Å². The third-order valence-electron chi connectivity index (χ3n) is 3.63. The van der Waals surface area contributed by atoms with E-state index in [-0.39, 0.29) is 17.9 Å². The molecule has 0 radical (unpaired) electrons. The molecule has 0 aliphatic heterocycles. The SMILES string of the molecule is CC(NC1CCc2c(F)cccc21)c1ccco1. The molecule has 0 amide bonds. The fourth-order valence-corrected chi connectivity index (χ4v) is 2.70. The molecule has 0 saturated carbocycles. The predicted octanol–water partition coefficient (Wildman–Crippen LogP) is 3.76. The van der Waals surface area contributed by atoms with Crippen LogP contribution in [0.4, 0.5) is 4.39 Å². The lowest BCUT2D eigenvalue weighted by Gasteiger charge is -2.18. The summed E-state index contributed by atoms with van der Waals surface area (Å²) in [6.45, 7) is 2.07. The molecule has 2 aromatic rings. The number of fused-ring (bicyclic) bond motifs is 1. The molecule has 3 rings (SSSR count). The molecular formula is C15H16FNO. The highest BCUT2D eigenvalue weighted by Crippen LogP contribution is 2.34. The van der Waals surface area contributed by atoms with Gasteiger partial charge in [-0.2, -0.15) is 0 Å². The average Bonchev–Trinajstić information content (AvgIpc) is 2.99. The highest BCUT2D eigenvalue weighted by molar-refractivity contribution is 5.35. The molecule has 0 bridgehead atoms. The molecule has 18 heavy (non-hydrogen) atoms. The van der Waals surface area contributed by atoms with Crippen molar-refractivity contribution in [2.75, 3.05) is 0 Å². The number of hydrogen-bond donors (Lipinski definition) is 1. The van der Waals surface area contributed by atoms with Gasteiger partial charge in [0.25, 0.3) is 0 Å². The molecule has 0 spiro atoms. The van der Waals surface area contributed by atoms with Crippen LogP contribution < -0.4 is 5.32 Å². The first-order valence-corrected chi connectivity index (χ1v) is 6.32. The molecule has 3 heteroatoms. The molecule has 1 aromatic heterocycles. The van der Waals surface area contributed by atoms with E-state index in [2.05, 4.69) is 12.2 Å². The van der Waals surface area contributed by atoms with Gasteiger partial charge in [-0.15, -0.1) is 0 Å². The summed E-state index contributed by atoms with van der Waals surface area (Å²) in [5, 5.41) is 3.50. The largest absolute Gasteiger partial charge is 0.468 e. The monoisotopic (exact) mass is 245 g/mol. The lowest BCUT2D eigenvalue weighted by atomic mass is 10.1. The third-order valence-corrected chi connectivity index (χ3v) is 3.63. The Labute approximate surface area is 106 Å². The van der Waals surface area contributed by atoms with Crippen LogP contribution in [-0.4, -0.2) is 0 Å². The Balaban J connectivity index is 1.79. The topological polar surface area (TPSA) is 25.2 Å². The normalized spacial score (nSPS) is 19.8. The summed E-state index contributed by atoms with van der Waals surface area (Å²) in [4.78, 5) is 0. The molecule has 1 heterocycles. The van der Waals surface area contributed by atoms with Crippen molar-refractivity contribution in [2.45, 2.75) is 31.8 Å². The van der Waals surface area contributed by atoms with Gasteiger partial charge in [-0.3, -0.25) is 0 Å². The van der Waals surface area contributed by atoms with Crippen molar-refractivity contribution in [1.29, 1.82) is 0 Å². The molecular weight excluding hydrogens is 229 g/mol. The minimum atomic E-state index is -0.0811. The summed E-state index contributed by atoms with van der Waals surface area (Å²) in [5.41, 5.74) is 1.95. The Morgan fingerprint density at radius 2 is 2.22 bits per heavy atom. The molecule has 0 saturated heterocycles. The van der Waals surface area contributed by atoms with Gasteiger partial charge in [0, 0.05) is 6.04 Å². The first-order valence-electron chi connectivity index (χ1n) is 6.32. The van der Waals surface area contributed by atoms with Gasteiger partial charge in [0.15, 0.2) is 0 Å². The average molecular weight is 245 g/mol. The van der Waals surface area contributed by atoms with Crippen LogP contribution in [0.5, 0.6) is 0 Å². The predicted molar refractivity (Wildman–Crippen MR) is 67.7 cm³/mol. The summed E-state index contributed by atoms with van der Waals surface area (Å²) in [6, 6.07) is 9.53. The Morgan fingerprint density at radius 1 is 1.33 bits per heavy atom. The lowest BCUT2D eigenvalue weighted by molar-refractivity contribution is 0.391. The zero-order chi connectivity index (χ0) is 12.5. The second-order valence-corrected chi connectivity index (χ2v) is 4.80. The van der Waals surface area contributed by atoms with Crippen molar-refractivity contribution in [2.24, 2.45) is 0 Å². The number of benzene rings is 1. The smallest absolute Gasteiger partial charge is 0.126 e. The van der Waals surface area contributed by atoms with Crippen LogP contribution in [-0.2, 0) is 6.42 Å². The molecule has 94 valence electrons. The lowest BCUT2D eigenvalue weighted by Crippen LogP contribution is -2.22. The standard InChI is InChI=1S/C15H16FNO/c1-10(15-6-3-9-18-15)17-14-8-7-11-12(14)4-2-5-13(11)16/h2-6,9-10,14,17H,7-8H2,1H3. The molecule has 2 atom stereocenters. The maximum Gasteiger partial charge on any atom is 0.126 e. The first kappa shape index (κ1) is 11.5. The summed E-state index contributed by atoms with van der Waals surface area (Å²) in [5.74, 6) is 0.835. The number of halogens is 1. The van der Waals surface area contributed by atoms with Crippen molar-refractivity contribution in [3.05, 3.63) is 59.3 Å². The first-order chi connectivity index (χ1) is 8.75. The van der Waals surface area contributed by atoms with Gasteiger partial charge in [0.1, 0.15) is 11.6 Å². The Hall–Kier alpha value is -1.61. The minimum Gasteiger partial charge on any atom is -0.468 e. The van der Waals surface area contributed by atoms with Crippen LogP contribution in [0.1, 0.15) is 42.3 Å². The van der Waals surface area contributed by atoms with Gasteiger partial charge in [-0.05, 0) is 49.1 Å². The highest BCUT2D eigenvalue weighted by Gasteiger charge is 2.26. The summed E-state index contributed by atoms with van der Waals surface area (Å²) < 4.78 is 19.0. The van der Waals surface area contributed by atoms with Crippen molar-refractivity contribution in [3.63, 3.8) is 0 Å². The number of rotatable bonds is 3. The highest BCUT2D eigenvalue weighted by atomic mass is 19.1. The van der Waals surface area contributed by atoms with E-state index < -0.39 is 0 Å². The van der Waals surface area contributed by atoms with Gasteiger partial charge in [0.05, 0.1) is 12.3 Å². The van der Waals surface area contributed by atoms with E-state index in [4.69, 9.17) is 4.42 Å². The second kappa shape index (κ2) is 4.58. The Kier molecular flexibility index (Phi) is 2.92. The Bertz CT molecular complexity index is 535. The second-order valence-electron chi connectivity index (χ2n) is 4.80. The molecule has 0 fully saturated rings. The summed E-state index contributed by atoms with van der Waals surface area (Å²) in [7, 11) is 0. The number of nitrogens with one attached hydrogen (secondary N) is 1. The molecule has 2 nitrogen and oxygen atoms in total. The van der Waals surface area contributed by atoms with E-state index in [1.165, 1.54) is 6.07 Å². The molecule has 1 aliphatic rings. The van der Waals surface area contributed by atoms with Gasteiger partial charge >= 0.3 is 0 Å². The van der Waals surface area contributed by atoms with Crippen LogP contribution in [0, 0.1) is 5.82 Å². The van der Waals surface area contributed by atoms with Crippen molar-refractivity contribution >= 4 is 0 Å². The van der Waals surface area contributed by atoms with Crippen LogP contribution in [0.2, 0.25) is 0 Å². The van der Waals surface area contributed by atoms with E-state index in [1.807, 2.05) is 18.2 Å². The maximum absolute atomic E-state index is 13.6. The molecule has 1 N–H and O–H groups in total. The summed E-state index contributed by atoms with van der Waals surface area (Å²) in [6.07, 6.45) is 3.43.